The standard InChI is InChI=1S/C25H22BNO3/c1-17(18-7-3-2-4-8-18)27-25(28)21-15-13-19(14-16-21)22-11-5-9-20-10-6-12-23(24(20)22)26(29)30/h2-17,29-30H,1H3,(H,27,28)/t17-/m1/s1. The summed E-state index contributed by atoms with van der Waals surface area (Å²) in [6.07, 6.45) is 0. The lowest BCUT2D eigenvalue weighted by Crippen LogP contribution is -2.30. The van der Waals surface area contributed by atoms with Crippen LogP contribution in [0.3, 0.4) is 0 Å². The average molecular weight is 395 g/mol. The van der Waals surface area contributed by atoms with Crippen molar-refractivity contribution in [3.8, 4) is 11.1 Å². The third-order valence-electron chi connectivity index (χ3n) is 5.32. The van der Waals surface area contributed by atoms with Gasteiger partial charge in [-0.15, -0.1) is 0 Å². The summed E-state index contributed by atoms with van der Waals surface area (Å²) in [5.74, 6) is -0.137. The smallest absolute Gasteiger partial charge is 0.423 e. The van der Waals surface area contributed by atoms with E-state index in [-0.39, 0.29) is 11.9 Å². The quantitative estimate of drug-likeness (QED) is 0.452. The van der Waals surface area contributed by atoms with Gasteiger partial charge >= 0.3 is 7.12 Å². The molecule has 1 atom stereocenters. The van der Waals surface area contributed by atoms with Crippen LogP contribution in [-0.2, 0) is 0 Å². The van der Waals surface area contributed by atoms with Crippen molar-refractivity contribution in [3.05, 3.63) is 102 Å². The van der Waals surface area contributed by atoms with Crippen molar-refractivity contribution >= 4 is 29.3 Å². The van der Waals surface area contributed by atoms with Crippen LogP contribution in [0.2, 0.25) is 0 Å². The zero-order valence-corrected chi connectivity index (χ0v) is 16.6. The van der Waals surface area contributed by atoms with Gasteiger partial charge in [-0.2, -0.15) is 0 Å². The molecular weight excluding hydrogens is 373 g/mol. The summed E-state index contributed by atoms with van der Waals surface area (Å²) in [4.78, 5) is 12.7. The van der Waals surface area contributed by atoms with Crippen molar-refractivity contribution in [2.24, 2.45) is 0 Å². The first kappa shape index (κ1) is 19.9. The number of benzene rings is 4. The lowest BCUT2D eigenvalue weighted by Gasteiger charge is -2.15. The van der Waals surface area contributed by atoms with E-state index < -0.39 is 7.12 Å². The van der Waals surface area contributed by atoms with E-state index in [2.05, 4.69) is 5.32 Å². The van der Waals surface area contributed by atoms with Crippen molar-refractivity contribution in [1.82, 2.24) is 5.32 Å². The van der Waals surface area contributed by atoms with E-state index in [1.54, 1.807) is 18.2 Å². The highest BCUT2D eigenvalue weighted by atomic mass is 16.4. The van der Waals surface area contributed by atoms with E-state index in [1.807, 2.05) is 79.7 Å². The number of carbonyl (C=O) groups excluding carboxylic acids is 1. The maximum Gasteiger partial charge on any atom is 0.489 e. The Morgan fingerprint density at radius 2 is 1.50 bits per heavy atom. The van der Waals surface area contributed by atoms with Crippen LogP contribution in [0.1, 0.15) is 28.9 Å². The van der Waals surface area contributed by atoms with Crippen LogP contribution in [0.25, 0.3) is 21.9 Å². The molecule has 4 rings (SSSR count). The zero-order chi connectivity index (χ0) is 21.1. The molecule has 0 aliphatic carbocycles. The Labute approximate surface area is 176 Å². The third-order valence-corrected chi connectivity index (χ3v) is 5.32. The molecule has 0 heterocycles. The lowest BCUT2D eigenvalue weighted by atomic mass is 9.75. The van der Waals surface area contributed by atoms with Crippen molar-refractivity contribution in [2.45, 2.75) is 13.0 Å². The Bertz CT molecular complexity index is 1170. The predicted molar refractivity (Wildman–Crippen MR) is 122 cm³/mol. The minimum atomic E-state index is -1.56. The SMILES string of the molecule is C[C@@H](NC(=O)c1ccc(-c2cccc3cccc(B(O)O)c23)cc1)c1ccccc1. The minimum Gasteiger partial charge on any atom is -0.423 e. The maximum absolute atomic E-state index is 12.7. The van der Waals surface area contributed by atoms with Crippen LogP contribution < -0.4 is 10.8 Å². The molecule has 0 spiro atoms. The molecule has 0 bridgehead atoms. The van der Waals surface area contributed by atoms with Crippen LogP contribution in [0.4, 0.5) is 0 Å². The molecule has 1 amide bonds. The molecule has 0 radical (unpaired) electrons. The summed E-state index contributed by atoms with van der Waals surface area (Å²) >= 11 is 0. The second kappa shape index (κ2) is 8.53. The summed E-state index contributed by atoms with van der Waals surface area (Å²) in [6.45, 7) is 1.96. The van der Waals surface area contributed by atoms with E-state index in [1.165, 1.54) is 0 Å². The van der Waals surface area contributed by atoms with Gasteiger partial charge in [0.1, 0.15) is 0 Å². The summed E-state index contributed by atoms with van der Waals surface area (Å²) < 4.78 is 0. The first-order valence-corrected chi connectivity index (χ1v) is 9.88. The summed E-state index contributed by atoms with van der Waals surface area (Å²) in [5.41, 5.74) is 3.88. The molecule has 0 aliphatic heterocycles. The molecule has 0 unspecified atom stereocenters. The maximum atomic E-state index is 12.7. The largest absolute Gasteiger partial charge is 0.489 e. The van der Waals surface area contributed by atoms with Gasteiger partial charge < -0.3 is 15.4 Å². The summed E-state index contributed by atoms with van der Waals surface area (Å²) in [7, 11) is -1.56. The Morgan fingerprint density at radius 1 is 0.833 bits per heavy atom. The van der Waals surface area contributed by atoms with E-state index in [0.717, 1.165) is 27.5 Å². The van der Waals surface area contributed by atoms with Gasteiger partial charge in [0.2, 0.25) is 0 Å². The van der Waals surface area contributed by atoms with Gasteiger partial charge in [-0.1, -0.05) is 78.9 Å². The molecule has 0 aliphatic rings. The topological polar surface area (TPSA) is 69.6 Å². The zero-order valence-electron chi connectivity index (χ0n) is 16.6. The average Bonchev–Trinajstić information content (AvgIpc) is 2.78. The van der Waals surface area contributed by atoms with Crippen LogP contribution in [0, 0.1) is 0 Å². The Kier molecular flexibility index (Phi) is 5.66. The normalized spacial score (nSPS) is 11.8. The highest BCUT2D eigenvalue weighted by molar-refractivity contribution is 6.62. The number of hydrogen-bond donors (Lipinski definition) is 3. The number of hydrogen-bond acceptors (Lipinski definition) is 3. The molecular formula is C25H22BNO3. The second-order valence-electron chi connectivity index (χ2n) is 7.31. The monoisotopic (exact) mass is 395 g/mol. The number of rotatable bonds is 5. The molecule has 5 heteroatoms. The van der Waals surface area contributed by atoms with Gasteiger partial charge in [0.05, 0.1) is 6.04 Å². The van der Waals surface area contributed by atoms with E-state index >= 15 is 0 Å². The summed E-state index contributed by atoms with van der Waals surface area (Å²) in [6, 6.07) is 28.4. The van der Waals surface area contributed by atoms with Crippen LogP contribution in [0.15, 0.2) is 91.0 Å². The minimum absolute atomic E-state index is 0.0926. The number of carbonyl (C=O) groups is 1. The van der Waals surface area contributed by atoms with Crippen LogP contribution in [-0.4, -0.2) is 23.1 Å². The molecule has 3 N–H and O–H groups in total. The van der Waals surface area contributed by atoms with Gasteiger partial charge in [0.25, 0.3) is 5.91 Å². The first-order valence-electron chi connectivity index (χ1n) is 9.88. The Hall–Kier alpha value is -3.41. The molecule has 4 aromatic rings. The van der Waals surface area contributed by atoms with Crippen LogP contribution in [0.5, 0.6) is 0 Å². The lowest BCUT2D eigenvalue weighted by molar-refractivity contribution is 0.0940. The van der Waals surface area contributed by atoms with Gasteiger partial charge in [0, 0.05) is 5.56 Å². The Morgan fingerprint density at radius 3 is 2.17 bits per heavy atom. The number of fused-ring (bicyclic) bond motifs is 1. The van der Waals surface area contributed by atoms with E-state index in [0.29, 0.717) is 11.0 Å². The van der Waals surface area contributed by atoms with Crippen molar-refractivity contribution in [3.63, 3.8) is 0 Å². The first-order chi connectivity index (χ1) is 14.5. The molecule has 0 saturated heterocycles. The molecule has 0 saturated carbocycles. The van der Waals surface area contributed by atoms with Crippen molar-refractivity contribution < 1.29 is 14.8 Å². The van der Waals surface area contributed by atoms with Gasteiger partial charge in [-0.3, -0.25) is 4.79 Å². The third kappa shape index (κ3) is 3.99. The highest BCUT2D eigenvalue weighted by Crippen LogP contribution is 2.28. The fourth-order valence-electron chi connectivity index (χ4n) is 3.73. The van der Waals surface area contributed by atoms with E-state index in [9.17, 15) is 14.8 Å². The van der Waals surface area contributed by atoms with Gasteiger partial charge in [-0.05, 0) is 52.0 Å². The molecule has 4 aromatic carbocycles. The van der Waals surface area contributed by atoms with Crippen molar-refractivity contribution in [1.29, 1.82) is 0 Å². The molecule has 0 fully saturated rings. The second-order valence-corrected chi connectivity index (χ2v) is 7.31. The number of amides is 1. The van der Waals surface area contributed by atoms with Gasteiger partial charge in [-0.25, -0.2) is 0 Å². The molecule has 4 nitrogen and oxygen atoms in total. The van der Waals surface area contributed by atoms with E-state index in [4.69, 9.17) is 0 Å². The fraction of sp³-hybridized carbons (Fsp3) is 0.0800. The van der Waals surface area contributed by atoms with Gasteiger partial charge in [0.15, 0.2) is 0 Å². The molecule has 30 heavy (non-hydrogen) atoms. The fourth-order valence-corrected chi connectivity index (χ4v) is 3.73. The highest BCUT2D eigenvalue weighted by Gasteiger charge is 2.18. The Balaban J connectivity index is 1.62. The predicted octanol–water partition coefficient (Wildman–Crippen LogP) is 3.68. The number of nitrogens with one attached hydrogen (secondary N) is 1. The summed E-state index contributed by atoms with van der Waals surface area (Å²) in [5, 5.41) is 24.3. The molecule has 148 valence electrons. The van der Waals surface area contributed by atoms with Crippen LogP contribution >= 0.6 is 0 Å². The molecule has 0 aromatic heterocycles. The van der Waals surface area contributed by atoms with Crippen molar-refractivity contribution in [2.75, 3.05) is 0 Å².